The minimum absolute atomic E-state index is 0.0242. The Kier molecular flexibility index (Phi) is 7.89. The van der Waals surface area contributed by atoms with Crippen LogP contribution in [0, 0.1) is 10.3 Å². The van der Waals surface area contributed by atoms with Crippen molar-refractivity contribution in [2.75, 3.05) is 5.84 Å². The zero-order valence-corrected chi connectivity index (χ0v) is 22.3. The van der Waals surface area contributed by atoms with Crippen molar-refractivity contribution >= 4 is 34.8 Å². The third-order valence-electron chi connectivity index (χ3n) is 6.20. The number of carbonyl (C=O) groups excluding carboxylic acids is 1. The van der Waals surface area contributed by atoms with Gasteiger partial charge in [-0.25, -0.2) is 19.1 Å². The highest BCUT2D eigenvalue weighted by Crippen LogP contribution is 2.50. The molecule has 1 heterocycles. The molecule has 1 saturated carbocycles. The molecule has 0 saturated heterocycles. The number of ether oxygens (including phenoxy) is 1. The molecule has 1 aromatic heterocycles. The number of hydrogen-bond acceptors (Lipinski definition) is 7. The van der Waals surface area contributed by atoms with E-state index < -0.39 is 22.7 Å². The number of aromatic nitrogens is 3. The van der Waals surface area contributed by atoms with E-state index in [1.54, 1.807) is 42.5 Å². The van der Waals surface area contributed by atoms with E-state index in [-0.39, 0.29) is 31.2 Å². The highest BCUT2D eigenvalue weighted by atomic mass is 35.5. The number of nitrogen functional groups attached to an aromatic ring is 1. The molecular formula is C25H26Cl2N6O5. The van der Waals surface area contributed by atoms with Gasteiger partial charge in [0.05, 0.1) is 23.4 Å². The largest absolute Gasteiger partial charge is 0.489 e. The Bertz CT molecular complexity index is 1570. The second-order valence-electron chi connectivity index (χ2n) is 9.59. The van der Waals surface area contributed by atoms with Crippen LogP contribution in [-0.2, 0) is 17.9 Å². The molecule has 4 rings (SSSR count). The number of nitrogens with zero attached hydrogens (tertiary/aromatic N) is 5. The molecule has 1 amide bonds. The summed E-state index contributed by atoms with van der Waals surface area (Å²) in [5.74, 6) is 5.83. The van der Waals surface area contributed by atoms with E-state index in [4.69, 9.17) is 33.8 Å². The second kappa shape index (κ2) is 11.0. The van der Waals surface area contributed by atoms with E-state index in [2.05, 4.69) is 10.2 Å². The molecule has 3 aromatic rings. The summed E-state index contributed by atoms with van der Waals surface area (Å²) in [5, 5.41) is 3.27. The fraction of sp³-hybridized carbons (Fsp3) is 0.360. The zero-order valence-electron chi connectivity index (χ0n) is 20.8. The lowest BCUT2D eigenvalue weighted by atomic mass is 10.0. The van der Waals surface area contributed by atoms with Gasteiger partial charge in [-0.15, -0.1) is 4.91 Å². The molecule has 0 aliphatic heterocycles. The first-order valence-electron chi connectivity index (χ1n) is 11.9. The number of nitroso groups, excluding NO2 is 1. The maximum absolute atomic E-state index is 13.7. The van der Waals surface area contributed by atoms with E-state index in [0.29, 0.717) is 39.9 Å². The van der Waals surface area contributed by atoms with Crippen LogP contribution in [-0.4, -0.2) is 25.8 Å². The standard InChI is InChI=1S/C25H26Cl2N6O5/c1-15(2)38-20-8-7-18(11-19(20)27)29-22-31(13-16-3-5-17(26)6-4-16)23(35)32(24(36)33(22)28)14-25(9-10-25)12-21(34)30-37/h3-8,11,15H,9-10,12-14,28H2,1-2H3/b29-22-. The first-order valence-corrected chi connectivity index (χ1v) is 12.6. The second-order valence-corrected chi connectivity index (χ2v) is 10.4. The van der Waals surface area contributed by atoms with Gasteiger partial charge in [0.15, 0.2) is 0 Å². The van der Waals surface area contributed by atoms with Crippen molar-refractivity contribution in [3.8, 4) is 5.75 Å². The van der Waals surface area contributed by atoms with Crippen molar-refractivity contribution in [1.82, 2.24) is 13.8 Å². The normalized spacial score (nSPS) is 14.5. The molecule has 0 spiro atoms. The topological polar surface area (TPSA) is 143 Å². The van der Waals surface area contributed by atoms with Crippen molar-refractivity contribution in [2.45, 2.75) is 52.3 Å². The number of halogens is 2. The highest BCUT2D eigenvalue weighted by Gasteiger charge is 2.45. The summed E-state index contributed by atoms with van der Waals surface area (Å²) in [6.45, 7) is 3.68. The number of hydrogen-bond donors (Lipinski definition) is 1. The van der Waals surface area contributed by atoms with Crippen molar-refractivity contribution < 1.29 is 9.53 Å². The first-order chi connectivity index (χ1) is 18.0. The van der Waals surface area contributed by atoms with E-state index in [1.807, 2.05) is 13.8 Å². The Hall–Kier alpha value is -3.70. The van der Waals surface area contributed by atoms with Gasteiger partial charge in [-0.3, -0.25) is 9.36 Å². The van der Waals surface area contributed by atoms with Crippen molar-refractivity contribution in [3.05, 3.63) is 89.6 Å². The number of nitrogens with two attached hydrogens (primary N) is 1. The molecule has 1 fully saturated rings. The molecule has 1 aliphatic carbocycles. The summed E-state index contributed by atoms with van der Waals surface area (Å²) in [6, 6.07) is 11.6. The first kappa shape index (κ1) is 27.3. The van der Waals surface area contributed by atoms with Crippen molar-refractivity contribution in [1.29, 1.82) is 0 Å². The molecule has 0 atom stereocenters. The smallest absolute Gasteiger partial charge is 0.353 e. The van der Waals surface area contributed by atoms with Crippen LogP contribution < -0.4 is 27.6 Å². The number of benzene rings is 2. The fourth-order valence-corrected chi connectivity index (χ4v) is 4.44. The molecule has 0 bridgehead atoms. The van der Waals surface area contributed by atoms with Crippen molar-refractivity contribution in [2.24, 2.45) is 15.6 Å². The monoisotopic (exact) mass is 560 g/mol. The third kappa shape index (κ3) is 6.05. The summed E-state index contributed by atoms with van der Waals surface area (Å²) in [6.07, 6.45) is 0.889. The molecule has 2 N–H and O–H groups in total. The maximum Gasteiger partial charge on any atom is 0.353 e. The lowest BCUT2D eigenvalue weighted by molar-refractivity contribution is -0.119. The van der Waals surface area contributed by atoms with Gasteiger partial charge in [0.1, 0.15) is 5.75 Å². The fourth-order valence-electron chi connectivity index (χ4n) is 4.10. The summed E-state index contributed by atoms with van der Waals surface area (Å²) in [4.78, 5) is 53.7. The van der Waals surface area contributed by atoms with Crippen LogP contribution in [0.5, 0.6) is 5.75 Å². The Labute approximate surface area is 227 Å². The third-order valence-corrected chi connectivity index (χ3v) is 6.74. The van der Waals surface area contributed by atoms with Gasteiger partial charge >= 0.3 is 11.4 Å². The Morgan fingerprint density at radius 2 is 1.76 bits per heavy atom. The molecule has 200 valence electrons. The predicted octanol–water partition coefficient (Wildman–Crippen LogP) is 3.36. The maximum atomic E-state index is 13.7. The molecule has 38 heavy (non-hydrogen) atoms. The number of carbonyl (C=O) groups is 1. The van der Waals surface area contributed by atoms with Crippen LogP contribution in [0.25, 0.3) is 0 Å². The van der Waals surface area contributed by atoms with E-state index in [1.165, 1.54) is 4.57 Å². The minimum Gasteiger partial charge on any atom is -0.489 e. The van der Waals surface area contributed by atoms with Gasteiger partial charge in [-0.05, 0) is 68.0 Å². The molecule has 0 unspecified atom stereocenters. The Morgan fingerprint density at radius 3 is 2.34 bits per heavy atom. The average molecular weight is 561 g/mol. The van der Waals surface area contributed by atoms with Crippen LogP contribution in [0.1, 0.15) is 38.7 Å². The van der Waals surface area contributed by atoms with Crippen LogP contribution in [0.2, 0.25) is 10.0 Å². The lowest BCUT2D eigenvalue weighted by Crippen LogP contribution is -2.58. The van der Waals surface area contributed by atoms with Crippen molar-refractivity contribution in [3.63, 3.8) is 0 Å². The zero-order chi connectivity index (χ0) is 27.6. The lowest BCUT2D eigenvalue weighted by Gasteiger charge is -2.18. The van der Waals surface area contributed by atoms with Gasteiger partial charge in [-0.1, -0.05) is 35.3 Å². The van der Waals surface area contributed by atoms with Gasteiger partial charge in [-0.2, -0.15) is 4.68 Å². The van der Waals surface area contributed by atoms with Crippen LogP contribution in [0.3, 0.4) is 0 Å². The quantitative estimate of drug-likeness (QED) is 0.314. The van der Waals surface area contributed by atoms with Crippen LogP contribution in [0.15, 0.2) is 62.2 Å². The Balaban J connectivity index is 1.86. The van der Waals surface area contributed by atoms with E-state index in [0.717, 1.165) is 9.24 Å². The van der Waals surface area contributed by atoms with E-state index >= 15 is 0 Å². The molecule has 11 nitrogen and oxygen atoms in total. The molecule has 13 heteroatoms. The number of rotatable bonds is 9. The average Bonchev–Trinajstić information content (AvgIpc) is 3.64. The SMILES string of the molecule is CC(C)Oc1ccc(/N=c2\n(N)c(=O)n(CC3(CC(=O)N=O)CC3)c(=O)n2Cc2ccc(Cl)cc2)cc1Cl. The van der Waals surface area contributed by atoms with Gasteiger partial charge in [0.2, 0.25) is 5.62 Å². The van der Waals surface area contributed by atoms with Crippen LogP contribution in [0.4, 0.5) is 5.69 Å². The Morgan fingerprint density at radius 1 is 1.08 bits per heavy atom. The van der Waals surface area contributed by atoms with Crippen LogP contribution >= 0.6 is 23.2 Å². The summed E-state index contributed by atoms with van der Waals surface area (Å²) < 4.78 is 8.65. The summed E-state index contributed by atoms with van der Waals surface area (Å²) in [7, 11) is 0. The van der Waals surface area contributed by atoms with Gasteiger partial charge in [0.25, 0.3) is 5.91 Å². The summed E-state index contributed by atoms with van der Waals surface area (Å²) in [5.41, 5.74) is -1.25. The molecule has 0 radical (unpaired) electrons. The van der Waals surface area contributed by atoms with E-state index in [9.17, 15) is 19.3 Å². The van der Waals surface area contributed by atoms with Gasteiger partial charge < -0.3 is 10.6 Å². The predicted molar refractivity (Wildman–Crippen MR) is 143 cm³/mol. The highest BCUT2D eigenvalue weighted by molar-refractivity contribution is 6.32. The minimum atomic E-state index is -0.828. The summed E-state index contributed by atoms with van der Waals surface area (Å²) >= 11 is 12.4. The number of amides is 1. The molecule has 2 aromatic carbocycles. The van der Waals surface area contributed by atoms with Gasteiger partial charge in [0, 0.05) is 23.2 Å². The molecule has 1 aliphatic rings. The molecular weight excluding hydrogens is 535 g/mol.